The molecule has 1 aliphatic rings. The van der Waals surface area contributed by atoms with Crippen molar-refractivity contribution >= 4 is 11.8 Å². The van der Waals surface area contributed by atoms with Crippen molar-refractivity contribution in [1.29, 1.82) is 5.26 Å². The smallest absolute Gasteiger partial charge is 0.140 e. The fourth-order valence-electron chi connectivity index (χ4n) is 1.71. The summed E-state index contributed by atoms with van der Waals surface area (Å²) in [5.41, 5.74) is 1.66. The van der Waals surface area contributed by atoms with Crippen LogP contribution in [0.25, 0.3) is 0 Å². The molecular formula is C12H14N2OS. The van der Waals surface area contributed by atoms with Crippen LogP contribution in [0.3, 0.4) is 0 Å². The second kappa shape index (κ2) is 5.88. The van der Waals surface area contributed by atoms with E-state index in [0.29, 0.717) is 11.8 Å². The highest BCUT2D eigenvalue weighted by Crippen LogP contribution is 2.20. The van der Waals surface area contributed by atoms with Crippen molar-refractivity contribution in [2.75, 3.05) is 12.4 Å². The van der Waals surface area contributed by atoms with Crippen LogP contribution in [0.15, 0.2) is 18.3 Å². The number of pyridine rings is 1. The fraction of sp³-hybridized carbons (Fsp3) is 0.500. The molecule has 3 nitrogen and oxygen atoms in total. The lowest BCUT2D eigenvalue weighted by molar-refractivity contribution is 0.129. The van der Waals surface area contributed by atoms with Crippen LogP contribution in [-0.4, -0.2) is 23.4 Å². The topological polar surface area (TPSA) is 45.9 Å². The van der Waals surface area contributed by atoms with Gasteiger partial charge in [-0.15, -0.1) is 0 Å². The van der Waals surface area contributed by atoms with Crippen molar-refractivity contribution in [3.8, 4) is 6.07 Å². The van der Waals surface area contributed by atoms with Crippen LogP contribution >= 0.6 is 11.8 Å². The molecule has 0 radical (unpaired) electrons. The summed E-state index contributed by atoms with van der Waals surface area (Å²) in [6.45, 7) is 0.916. The largest absolute Gasteiger partial charge is 0.377 e. The summed E-state index contributed by atoms with van der Waals surface area (Å²) < 4.78 is 5.55. The van der Waals surface area contributed by atoms with E-state index in [0.717, 1.165) is 23.7 Å². The molecule has 84 valence electrons. The predicted octanol–water partition coefficient (Wildman–Crippen LogP) is 2.37. The second-order valence-corrected chi connectivity index (χ2v) is 4.84. The van der Waals surface area contributed by atoms with Gasteiger partial charge in [-0.2, -0.15) is 17.0 Å². The monoisotopic (exact) mass is 234 g/mol. The number of ether oxygens (including phenoxy) is 1. The summed E-state index contributed by atoms with van der Waals surface area (Å²) >= 11 is 1.86. The van der Waals surface area contributed by atoms with E-state index < -0.39 is 0 Å². The van der Waals surface area contributed by atoms with Gasteiger partial charge in [0.15, 0.2) is 0 Å². The van der Waals surface area contributed by atoms with Gasteiger partial charge in [0.25, 0.3) is 0 Å². The molecule has 0 spiro atoms. The summed E-state index contributed by atoms with van der Waals surface area (Å²) in [4.78, 5) is 3.95. The summed E-state index contributed by atoms with van der Waals surface area (Å²) in [7, 11) is 0. The van der Waals surface area contributed by atoms with Crippen LogP contribution in [0, 0.1) is 11.3 Å². The Morgan fingerprint density at radius 2 is 2.56 bits per heavy atom. The lowest BCUT2D eigenvalue weighted by atomic mass is 10.2. The lowest BCUT2D eigenvalue weighted by Crippen LogP contribution is -2.07. The number of aromatic nitrogens is 1. The van der Waals surface area contributed by atoms with E-state index in [1.165, 1.54) is 12.8 Å². The number of nitriles is 1. The minimum absolute atomic E-state index is 0.433. The number of hydrogen-bond acceptors (Lipinski definition) is 4. The Hall–Kier alpha value is -1.05. The highest BCUT2D eigenvalue weighted by Gasteiger charge is 2.14. The highest BCUT2D eigenvalue weighted by molar-refractivity contribution is 7.98. The Labute approximate surface area is 99.8 Å². The first-order valence-electron chi connectivity index (χ1n) is 5.43. The van der Waals surface area contributed by atoms with E-state index in [2.05, 4.69) is 11.1 Å². The number of hydrogen-bond donors (Lipinski definition) is 0. The minimum Gasteiger partial charge on any atom is -0.377 e. The SMILES string of the molecule is N#Cc1cc(CSCC2CCCO2)ccn1. The molecule has 16 heavy (non-hydrogen) atoms. The molecule has 4 heteroatoms. The zero-order chi connectivity index (χ0) is 11.2. The van der Waals surface area contributed by atoms with E-state index in [1.54, 1.807) is 6.20 Å². The number of thioether (sulfide) groups is 1. The van der Waals surface area contributed by atoms with Crippen LogP contribution < -0.4 is 0 Å². The fourth-order valence-corrected chi connectivity index (χ4v) is 2.77. The zero-order valence-corrected chi connectivity index (χ0v) is 9.87. The number of nitrogens with zero attached hydrogens (tertiary/aromatic N) is 2. The first-order valence-corrected chi connectivity index (χ1v) is 6.58. The van der Waals surface area contributed by atoms with Gasteiger partial charge in [0.05, 0.1) is 6.10 Å². The third kappa shape index (κ3) is 3.22. The van der Waals surface area contributed by atoms with Gasteiger partial charge in [0.1, 0.15) is 11.8 Å². The average molecular weight is 234 g/mol. The molecule has 0 amide bonds. The van der Waals surface area contributed by atoms with Gasteiger partial charge in [-0.3, -0.25) is 0 Å². The van der Waals surface area contributed by atoms with Gasteiger partial charge in [0.2, 0.25) is 0 Å². The third-order valence-electron chi connectivity index (χ3n) is 2.54. The molecule has 2 rings (SSSR count). The van der Waals surface area contributed by atoms with Gasteiger partial charge in [-0.25, -0.2) is 4.98 Å². The molecule has 0 N–H and O–H groups in total. The molecule has 1 fully saturated rings. The van der Waals surface area contributed by atoms with Crippen LogP contribution in [-0.2, 0) is 10.5 Å². The molecule has 0 aromatic carbocycles. The van der Waals surface area contributed by atoms with Crippen LogP contribution in [0.1, 0.15) is 24.1 Å². The van der Waals surface area contributed by atoms with Gasteiger partial charge >= 0.3 is 0 Å². The van der Waals surface area contributed by atoms with Gasteiger partial charge in [0, 0.05) is 24.3 Å². The summed E-state index contributed by atoms with van der Waals surface area (Å²) in [5.74, 6) is 1.97. The molecule has 1 atom stereocenters. The molecule has 0 saturated carbocycles. The van der Waals surface area contributed by atoms with E-state index in [4.69, 9.17) is 10.00 Å². The van der Waals surface area contributed by atoms with Crippen molar-refractivity contribution in [3.63, 3.8) is 0 Å². The van der Waals surface area contributed by atoms with Crippen molar-refractivity contribution in [3.05, 3.63) is 29.6 Å². The van der Waals surface area contributed by atoms with Crippen molar-refractivity contribution in [2.45, 2.75) is 24.7 Å². The van der Waals surface area contributed by atoms with Gasteiger partial charge in [-0.1, -0.05) is 0 Å². The molecule has 0 bridgehead atoms. The third-order valence-corrected chi connectivity index (χ3v) is 3.68. The van der Waals surface area contributed by atoms with E-state index in [-0.39, 0.29) is 0 Å². The maximum Gasteiger partial charge on any atom is 0.140 e. The van der Waals surface area contributed by atoms with Crippen LogP contribution in [0.5, 0.6) is 0 Å². The molecular weight excluding hydrogens is 220 g/mol. The predicted molar refractivity (Wildman–Crippen MR) is 64.1 cm³/mol. The van der Waals surface area contributed by atoms with Crippen molar-refractivity contribution in [1.82, 2.24) is 4.98 Å². The van der Waals surface area contributed by atoms with E-state index in [9.17, 15) is 0 Å². The zero-order valence-electron chi connectivity index (χ0n) is 9.06. The lowest BCUT2D eigenvalue weighted by Gasteiger charge is -2.08. The Morgan fingerprint density at radius 1 is 1.62 bits per heavy atom. The Balaban J connectivity index is 1.78. The standard InChI is InChI=1S/C12H14N2OS/c13-7-11-6-10(3-4-14-11)8-16-9-12-2-1-5-15-12/h3-4,6,12H,1-2,5,8-9H2. The Morgan fingerprint density at radius 3 is 3.31 bits per heavy atom. The van der Waals surface area contributed by atoms with Crippen molar-refractivity contribution in [2.24, 2.45) is 0 Å². The normalized spacial score (nSPS) is 19.6. The van der Waals surface area contributed by atoms with Crippen LogP contribution in [0.4, 0.5) is 0 Å². The second-order valence-electron chi connectivity index (χ2n) is 3.81. The minimum atomic E-state index is 0.433. The molecule has 1 unspecified atom stereocenters. The van der Waals surface area contributed by atoms with Gasteiger partial charge in [-0.05, 0) is 30.5 Å². The molecule has 1 aromatic heterocycles. The van der Waals surface area contributed by atoms with Gasteiger partial charge < -0.3 is 4.74 Å². The summed E-state index contributed by atoms with van der Waals surface area (Å²) in [5, 5.41) is 8.72. The van der Waals surface area contributed by atoms with E-state index in [1.807, 2.05) is 23.9 Å². The first-order chi connectivity index (χ1) is 7.88. The summed E-state index contributed by atoms with van der Waals surface area (Å²) in [6.07, 6.45) is 4.51. The number of rotatable bonds is 4. The molecule has 1 saturated heterocycles. The highest BCUT2D eigenvalue weighted by atomic mass is 32.2. The average Bonchev–Trinajstić information content (AvgIpc) is 2.82. The molecule has 1 aliphatic heterocycles. The maximum absolute atomic E-state index is 8.72. The maximum atomic E-state index is 8.72. The molecule has 2 heterocycles. The van der Waals surface area contributed by atoms with E-state index >= 15 is 0 Å². The summed E-state index contributed by atoms with van der Waals surface area (Å²) in [6, 6.07) is 5.87. The molecule has 0 aliphatic carbocycles. The Kier molecular flexibility index (Phi) is 4.20. The molecule has 1 aromatic rings. The van der Waals surface area contributed by atoms with Crippen molar-refractivity contribution < 1.29 is 4.74 Å². The quantitative estimate of drug-likeness (QED) is 0.802. The first kappa shape index (κ1) is 11.4. The Bertz CT molecular complexity index is 383. The van der Waals surface area contributed by atoms with Crippen LogP contribution in [0.2, 0.25) is 0 Å².